The van der Waals surface area contributed by atoms with Crippen molar-refractivity contribution in [2.45, 2.75) is 0 Å². The first-order valence-corrected chi connectivity index (χ1v) is 19.4. The monoisotopic (exact) mass is 743 g/mol. The largest absolute Gasteiger partial charge is 0.456 e. The Hall–Kier alpha value is -8.03. The third-order valence-corrected chi connectivity index (χ3v) is 11.6. The minimum absolute atomic E-state index is 0.544. The van der Waals surface area contributed by atoms with Gasteiger partial charge in [-0.1, -0.05) is 115 Å². The fourth-order valence-corrected chi connectivity index (χ4v) is 9.04. The van der Waals surface area contributed by atoms with Gasteiger partial charge < -0.3 is 13.4 Å². The van der Waals surface area contributed by atoms with E-state index in [1.165, 1.54) is 0 Å². The molecule has 7 heteroatoms. The third-order valence-electron chi connectivity index (χ3n) is 11.6. The predicted molar refractivity (Wildman–Crippen MR) is 234 cm³/mol. The Balaban J connectivity index is 1.09. The van der Waals surface area contributed by atoms with E-state index >= 15 is 0 Å². The number of fused-ring (bicyclic) bond motifs is 14. The maximum Gasteiger partial charge on any atom is 0.238 e. The van der Waals surface area contributed by atoms with Gasteiger partial charge in [-0.15, -0.1) is 0 Å². The van der Waals surface area contributed by atoms with Crippen LogP contribution in [0.15, 0.2) is 185 Å². The van der Waals surface area contributed by atoms with Gasteiger partial charge in [0.2, 0.25) is 5.95 Å². The first-order chi connectivity index (χ1) is 28.8. The Morgan fingerprint density at radius 2 is 0.862 bits per heavy atom. The SMILES string of the molecule is c1ccc(-c2nc(-c3ccccc3)nc(-n3c4ccccc4c4c5oc6c(ccc7c6c6ccccc6n7-c6ccc7oc8ccccc8c7c6)c5ccc43)n2)cc1. The standard InChI is InChI=1S/C51H29N5O2/c1-3-13-30(14-4-1)49-52-50(31-15-5-2-6-16-31)54-51(53-49)56-40-21-11-8-19-37(40)46-42(56)27-25-35-34-24-26-41-45(47(34)58-48(35)46)36-18-7-10-20-39(36)55(41)32-23-28-44-38(29-32)33-17-9-12-22-43(33)57-44/h1-29H. The molecule has 0 aliphatic heterocycles. The van der Waals surface area contributed by atoms with Crippen molar-refractivity contribution in [2.75, 3.05) is 0 Å². The van der Waals surface area contributed by atoms with Crippen molar-refractivity contribution in [3.8, 4) is 34.4 Å². The number of aromatic nitrogens is 5. The van der Waals surface area contributed by atoms with Gasteiger partial charge in [-0.05, 0) is 60.7 Å². The summed E-state index contributed by atoms with van der Waals surface area (Å²) < 4.78 is 17.9. The minimum Gasteiger partial charge on any atom is -0.456 e. The lowest BCUT2D eigenvalue weighted by Gasteiger charge is -2.10. The lowest BCUT2D eigenvalue weighted by atomic mass is 10.1. The minimum atomic E-state index is 0.544. The summed E-state index contributed by atoms with van der Waals surface area (Å²) in [5, 5.41) is 8.60. The van der Waals surface area contributed by atoms with E-state index in [1.807, 2.05) is 72.8 Å². The van der Waals surface area contributed by atoms with Crippen molar-refractivity contribution in [2.24, 2.45) is 0 Å². The normalized spacial score (nSPS) is 12.1. The number of furan rings is 2. The van der Waals surface area contributed by atoms with Crippen LogP contribution in [-0.4, -0.2) is 24.1 Å². The van der Waals surface area contributed by atoms with E-state index in [2.05, 4.69) is 112 Å². The van der Waals surface area contributed by atoms with Gasteiger partial charge in [0.25, 0.3) is 0 Å². The molecule has 0 aliphatic carbocycles. The average Bonchev–Trinajstić information content (AvgIpc) is 4.04. The molecule has 0 unspecified atom stereocenters. The van der Waals surface area contributed by atoms with Crippen molar-refractivity contribution in [1.29, 1.82) is 0 Å². The summed E-state index contributed by atoms with van der Waals surface area (Å²) in [6, 6.07) is 60.7. The van der Waals surface area contributed by atoms with Crippen LogP contribution in [0.1, 0.15) is 0 Å². The van der Waals surface area contributed by atoms with Gasteiger partial charge in [-0.25, -0.2) is 4.98 Å². The third kappa shape index (κ3) is 4.35. The Morgan fingerprint density at radius 3 is 1.50 bits per heavy atom. The summed E-state index contributed by atoms with van der Waals surface area (Å²) in [4.78, 5) is 15.2. The van der Waals surface area contributed by atoms with E-state index in [1.54, 1.807) is 0 Å². The van der Waals surface area contributed by atoms with Gasteiger partial charge in [0.05, 0.1) is 32.8 Å². The van der Waals surface area contributed by atoms with Gasteiger partial charge >= 0.3 is 0 Å². The number of rotatable bonds is 4. The summed E-state index contributed by atoms with van der Waals surface area (Å²) in [5.41, 5.74) is 10.5. The Bertz CT molecular complexity index is 3740. The highest BCUT2D eigenvalue weighted by atomic mass is 16.3. The molecule has 0 radical (unpaired) electrons. The van der Waals surface area contributed by atoms with Crippen molar-refractivity contribution < 1.29 is 8.83 Å². The Kier molecular flexibility index (Phi) is 6.32. The predicted octanol–water partition coefficient (Wildman–Crippen LogP) is 13.2. The summed E-state index contributed by atoms with van der Waals surface area (Å²) in [6.07, 6.45) is 0. The first-order valence-electron chi connectivity index (χ1n) is 19.4. The molecule has 58 heavy (non-hydrogen) atoms. The molecule has 0 saturated heterocycles. The fraction of sp³-hybridized carbons (Fsp3) is 0. The van der Waals surface area contributed by atoms with E-state index in [9.17, 15) is 0 Å². The molecule has 0 fully saturated rings. The zero-order chi connectivity index (χ0) is 37.9. The van der Waals surface area contributed by atoms with Crippen molar-refractivity contribution in [1.82, 2.24) is 24.1 Å². The van der Waals surface area contributed by atoms with Crippen LogP contribution in [0.25, 0.3) is 122 Å². The van der Waals surface area contributed by atoms with E-state index in [4.69, 9.17) is 23.8 Å². The molecule has 0 amide bonds. The number of nitrogens with zero attached hydrogens (tertiary/aromatic N) is 5. The van der Waals surface area contributed by atoms with Gasteiger partial charge in [-0.3, -0.25) is 4.57 Å². The molecule has 8 aromatic carbocycles. The van der Waals surface area contributed by atoms with Crippen LogP contribution in [0.4, 0.5) is 0 Å². The first kappa shape index (κ1) is 31.2. The quantitative estimate of drug-likeness (QED) is 0.179. The molecular weight excluding hydrogens is 715 g/mol. The van der Waals surface area contributed by atoms with Crippen LogP contribution in [0, 0.1) is 0 Å². The maximum absolute atomic E-state index is 7.20. The van der Waals surface area contributed by atoms with Crippen molar-refractivity contribution in [3.63, 3.8) is 0 Å². The van der Waals surface area contributed by atoms with Gasteiger partial charge in [0.15, 0.2) is 11.6 Å². The van der Waals surface area contributed by atoms with Gasteiger partial charge in [-0.2, -0.15) is 9.97 Å². The number of benzene rings is 8. The van der Waals surface area contributed by atoms with E-state index in [0.29, 0.717) is 17.6 Å². The van der Waals surface area contributed by atoms with E-state index < -0.39 is 0 Å². The van der Waals surface area contributed by atoms with Crippen LogP contribution in [0.5, 0.6) is 0 Å². The highest BCUT2D eigenvalue weighted by molar-refractivity contribution is 6.29. The van der Waals surface area contributed by atoms with Crippen LogP contribution < -0.4 is 0 Å². The zero-order valence-corrected chi connectivity index (χ0v) is 30.8. The number of hydrogen-bond donors (Lipinski definition) is 0. The molecule has 13 aromatic rings. The summed E-state index contributed by atoms with van der Waals surface area (Å²) in [6.45, 7) is 0. The average molecular weight is 744 g/mol. The molecule has 5 heterocycles. The molecule has 0 saturated carbocycles. The summed E-state index contributed by atoms with van der Waals surface area (Å²) in [7, 11) is 0. The smallest absolute Gasteiger partial charge is 0.238 e. The fourth-order valence-electron chi connectivity index (χ4n) is 9.04. The van der Waals surface area contributed by atoms with Crippen LogP contribution in [-0.2, 0) is 0 Å². The second-order valence-corrected chi connectivity index (χ2v) is 14.8. The molecule has 7 nitrogen and oxygen atoms in total. The second kappa shape index (κ2) is 11.7. The lowest BCUT2D eigenvalue weighted by Crippen LogP contribution is -2.06. The summed E-state index contributed by atoms with van der Waals surface area (Å²) >= 11 is 0. The van der Waals surface area contributed by atoms with Crippen molar-refractivity contribution in [3.05, 3.63) is 176 Å². The van der Waals surface area contributed by atoms with Gasteiger partial charge in [0, 0.05) is 49.1 Å². The lowest BCUT2D eigenvalue weighted by molar-refractivity contribution is 0.669. The second-order valence-electron chi connectivity index (χ2n) is 14.8. The van der Waals surface area contributed by atoms with Crippen LogP contribution in [0.3, 0.4) is 0 Å². The van der Waals surface area contributed by atoms with Crippen LogP contribution in [0.2, 0.25) is 0 Å². The number of hydrogen-bond acceptors (Lipinski definition) is 5. The zero-order valence-electron chi connectivity index (χ0n) is 30.8. The van der Waals surface area contributed by atoms with E-state index in [-0.39, 0.29) is 0 Å². The molecule has 0 aliphatic rings. The molecule has 5 aromatic heterocycles. The molecule has 13 rings (SSSR count). The molecule has 270 valence electrons. The maximum atomic E-state index is 7.20. The topological polar surface area (TPSA) is 74.8 Å². The van der Waals surface area contributed by atoms with Crippen molar-refractivity contribution >= 4 is 87.5 Å². The molecule has 0 N–H and O–H groups in total. The Morgan fingerprint density at radius 1 is 0.345 bits per heavy atom. The van der Waals surface area contributed by atoms with E-state index in [0.717, 1.165) is 104 Å². The molecule has 0 bridgehead atoms. The highest BCUT2D eigenvalue weighted by Gasteiger charge is 2.24. The van der Waals surface area contributed by atoms with Gasteiger partial charge in [0.1, 0.15) is 22.3 Å². The molecular formula is C51H29N5O2. The Labute approximate surface area is 329 Å². The molecule has 0 atom stereocenters. The van der Waals surface area contributed by atoms with Crippen LogP contribution >= 0.6 is 0 Å². The summed E-state index contributed by atoms with van der Waals surface area (Å²) in [5.74, 6) is 1.76. The highest BCUT2D eigenvalue weighted by Crippen LogP contribution is 2.45. The number of para-hydroxylation sites is 3. The molecule has 0 spiro atoms.